The zero-order chi connectivity index (χ0) is 11.7. The molecule has 2 aromatic rings. The third kappa shape index (κ3) is 2.21. The number of hydrogen-bond donors (Lipinski definition) is 1. The summed E-state index contributed by atoms with van der Waals surface area (Å²) in [6.07, 6.45) is -0.517. The molecule has 0 radical (unpaired) electrons. The molecule has 1 N–H and O–H groups in total. The second-order valence-electron chi connectivity index (χ2n) is 3.81. The minimum absolute atomic E-state index is 0.517. The van der Waals surface area contributed by atoms with Gasteiger partial charge in [0.05, 0.1) is 0 Å². The second kappa shape index (κ2) is 4.70. The van der Waals surface area contributed by atoms with Gasteiger partial charge in [-0.05, 0) is 47.0 Å². The van der Waals surface area contributed by atoms with Gasteiger partial charge in [0.15, 0.2) is 0 Å². The van der Waals surface area contributed by atoms with Gasteiger partial charge in [-0.3, -0.25) is 0 Å². The van der Waals surface area contributed by atoms with Crippen LogP contribution in [0.3, 0.4) is 0 Å². The van der Waals surface area contributed by atoms with Crippen LogP contribution < -0.4 is 0 Å². The Balaban J connectivity index is 2.39. The van der Waals surface area contributed by atoms with Crippen molar-refractivity contribution in [3.63, 3.8) is 0 Å². The molecule has 16 heavy (non-hydrogen) atoms. The molecule has 1 aromatic heterocycles. The van der Waals surface area contributed by atoms with Crippen LogP contribution in [0, 0.1) is 13.8 Å². The molecule has 1 atom stereocenters. The standard InChI is InChI=1S/C13H13BrOS/c1-8-5-3-4-6-10(8)13(15)12-7-11(14)9(2)16-12/h3-7,13,15H,1-2H3. The van der Waals surface area contributed by atoms with Gasteiger partial charge >= 0.3 is 0 Å². The van der Waals surface area contributed by atoms with Gasteiger partial charge < -0.3 is 5.11 Å². The number of aryl methyl sites for hydroxylation is 2. The molecule has 1 unspecified atom stereocenters. The van der Waals surface area contributed by atoms with Crippen molar-refractivity contribution in [2.45, 2.75) is 20.0 Å². The van der Waals surface area contributed by atoms with Gasteiger partial charge in [-0.15, -0.1) is 11.3 Å². The van der Waals surface area contributed by atoms with Crippen LogP contribution in [0.5, 0.6) is 0 Å². The molecule has 0 aliphatic carbocycles. The number of halogens is 1. The highest BCUT2D eigenvalue weighted by Crippen LogP contribution is 2.34. The number of hydrogen-bond acceptors (Lipinski definition) is 2. The first-order valence-electron chi connectivity index (χ1n) is 5.09. The van der Waals surface area contributed by atoms with Gasteiger partial charge in [-0.1, -0.05) is 24.3 Å². The van der Waals surface area contributed by atoms with Gasteiger partial charge in [0.2, 0.25) is 0 Å². The normalized spacial score (nSPS) is 12.8. The molecule has 0 spiro atoms. The molecular formula is C13H13BrOS. The van der Waals surface area contributed by atoms with Crippen LogP contribution >= 0.6 is 27.3 Å². The Kier molecular flexibility index (Phi) is 3.47. The van der Waals surface area contributed by atoms with Crippen LogP contribution in [0.1, 0.15) is 27.0 Å². The van der Waals surface area contributed by atoms with E-state index in [1.807, 2.05) is 44.2 Å². The summed E-state index contributed by atoms with van der Waals surface area (Å²) in [5.41, 5.74) is 2.11. The Labute approximate surface area is 108 Å². The van der Waals surface area contributed by atoms with Crippen molar-refractivity contribution in [3.05, 3.63) is 55.7 Å². The van der Waals surface area contributed by atoms with Crippen LogP contribution in [-0.4, -0.2) is 5.11 Å². The SMILES string of the molecule is Cc1ccccc1C(O)c1cc(Br)c(C)s1. The fourth-order valence-electron chi connectivity index (χ4n) is 1.66. The van der Waals surface area contributed by atoms with E-state index in [-0.39, 0.29) is 0 Å². The lowest BCUT2D eigenvalue weighted by atomic mass is 10.0. The summed E-state index contributed by atoms with van der Waals surface area (Å²) in [7, 11) is 0. The predicted molar refractivity (Wildman–Crippen MR) is 72.0 cm³/mol. The molecule has 1 aromatic carbocycles. The van der Waals surface area contributed by atoms with Gasteiger partial charge in [-0.25, -0.2) is 0 Å². The van der Waals surface area contributed by atoms with E-state index < -0.39 is 6.10 Å². The maximum atomic E-state index is 10.3. The highest BCUT2D eigenvalue weighted by molar-refractivity contribution is 9.10. The largest absolute Gasteiger partial charge is 0.383 e. The van der Waals surface area contributed by atoms with Crippen molar-refractivity contribution in [1.82, 2.24) is 0 Å². The maximum Gasteiger partial charge on any atom is 0.113 e. The van der Waals surface area contributed by atoms with Crippen molar-refractivity contribution in [2.24, 2.45) is 0 Å². The topological polar surface area (TPSA) is 20.2 Å². The second-order valence-corrected chi connectivity index (χ2v) is 5.95. The van der Waals surface area contributed by atoms with E-state index in [1.54, 1.807) is 11.3 Å². The predicted octanol–water partition coefficient (Wildman–Crippen LogP) is 4.21. The molecule has 0 amide bonds. The first-order chi connectivity index (χ1) is 7.59. The van der Waals surface area contributed by atoms with Crippen molar-refractivity contribution < 1.29 is 5.11 Å². The summed E-state index contributed by atoms with van der Waals surface area (Å²) in [6.45, 7) is 4.07. The van der Waals surface area contributed by atoms with Crippen LogP contribution in [0.4, 0.5) is 0 Å². The third-order valence-corrected chi connectivity index (χ3v) is 4.82. The first kappa shape index (κ1) is 11.8. The van der Waals surface area contributed by atoms with E-state index in [9.17, 15) is 5.11 Å². The molecule has 1 heterocycles. The first-order valence-corrected chi connectivity index (χ1v) is 6.70. The Hall–Kier alpha value is -0.640. The number of benzene rings is 1. The number of aliphatic hydroxyl groups excluding tert-OH is 1. The lowest BCUT2D eigenvalue weighted by Gasteiger charge is -2.11. The highest BCUT2D eigenvalue weighted by Gasteiger charge is 2.15. The van der Waals surface area contributed by atoms with E-state index in [4.69, 9.17) is 0 Å². The number of rotatable bonds is 2. The fraction of sp³-hybridized carbons (Fsp3) is 0.231. The van der Waals surface area contributed by atoms with E-state index >= 15 is 0 Å². The molecular weight excluding hydrogens is 284 g/mol. The van der Waals surface area contributed by atoms with Gasteiger partial charge in [0.1, 0.15) is 6.10 Å². The van der Waals surface area contributed by atoms with Crippen LogP contribution in [-0.2, 0) is 0 Å². The fourth-order valence-corrected chi connectivity index (χ4v) is 3.23. The number of thiophene rings is 1. The average molecular weight is 297 g/mol. The molecule has 84 valence electrons. The van der Waals surface area contributed by atoms with Gasteiger partial charge in [0.25, 0.3) is 0 Å². The molecule has 3 heteroatoms. The minimum Gasteiger partial charge on any atom is -0.383 e. The van der Waals surface area contributed by atoms with Crippen molar-refractivity contribution in [3.8, 4) is 0 Å². The maximum absolute atomic E-state index is 10.3. The molecule has 2 rings (SSSR count). The zero-order valence-corrected chi connectivity index (χ0v) is 11.6. The Bertz CT molecular complexity index is 485. The summed E-state index contributed by atoms with van der Waals surface area (Å²) >= 11 is 5.10. The van der Waals surface area contributed by atoms with Gasteiger partial charge in [0, 0.05) is 14.2 Å². The highest BCUT2D eigenvalue weighted by atomic mass is 79.9. The smallest absolute Gasteiger partial charge is 0.113 e. The van der Waals surface area contributed by atoms with Gasteiger partial charge in [-0.2, -0.15) is 0 Å². The molecule has 0 saturated carbocycles. The van der Waals surface area contributed by atoms with E-state index in [0.29, 0.717) is 0 Å². The summed E-state index contributed by atoms with van der Waals surface area (Å²) in [4.78, 5) is 2.18. The molecule has 0 bridgehead atoms. The third-order valence-electron chi connectivity index (χ3n) is 2.63. The summed E-state index contributed by atoms with van der Waals surface area (Å²) in [6, 6.07) is 9.94. The molecule has 0 aliphatic rings. The Morgan fingerprint density at radius 3 is 2.50 bits per heavy atom. The quantitative estimate of drug-likeness (QED) is 0.880. The molecule has 0 fully saturated rings. The lowest BCUT2D eigenvalue weighted by Crippen LogP contribution is -1.99. The average Bonchev–Trinajstić information content (AvgIpc) is 2.59. The minimum atomic E-state index is -0.517. The molecule has 1 nitrogen and oxygen atoms in total. The molecule has 0 saturated heterocycles. The van der Waals surface area contributed by atoms with Crippen molar-refractivity contribution >= 4 is 27.3 Å². The summed E-state index contributed by atoms with van der Waals surface area (Å²) in [5.74, 6) is 0. The lowest BCUT2D eigenvalue weighted by molar-refractivity contribution is 0.223. The van der Waals surface area contributed by atoms with Crippen LogP contribution in [0.25, 0.3) is 0 Å². The van der Waals surface area contributed by atoms with Crippen molar-refractivity contribution in [1.29, 1.82) is 0 Å². The Morgan fingerprint density at radius 1 is 1.25 bits per heavy atom. The Morgan fingerprint density at radius 2 is 1.94 bits per heavy atom. The monoisotopic (exact) mass is 296 g/mol. The summed E-state index contributed by atoms with van der Waals surface area (Å²) < 4.78 is 1.07. The summed E-state index contributed by atoms with van der Waals surface area (Å²) in [5, 5.41) is 10.3. The van der Waals surface area contributed by atoms with Crippen LogP contribution in [0.15, 0.2) is 34.8 Å². The van der Waals surface area contributed by atoms with E-state index in [0.717, 1.165) is 20.5 Å². The zero-order valence-electron chi connectivity index (χ0n) is 9.20. The number of aliphatic hydroxyl groups is 1. The van der Waals surface area contributed by atoms with Crippen LogP contribution in [0.2, 0.25) is 0 Å². The van der Waals surface area contributed by atoms with E-state index in [1.165, 1.54) is 4.88 Å². The van der Waals surface area contributed by atoms with Crippen molar-refractivity contribution in [2.75, 3.05) is 0 Å². The van der Waals surface area contributed by atoms with E-state index in [2.05, 4.69) is 15.9 Å². The molecule has 0 aliphatic heterocycles.